The lowest BCUT2D eigenvalue weighted by molar-refractivity contribution is -0.142. The minimum Gasteiger partial charge on any atom is -0.494 e. The molecule has 3 heterocycles. The first-order chi connectivity index (χ1) is 24.3. The number of nitrogens with one attached hydrogen (secondary N) is 3. The van der Waals surface area contributed by atoms with E-state index in [1.807, 2.05) is 26.0 Å². The van der Waals surface area contributed by atoms with Gasteiger partial charge >= 0.3 is 6.09 Å². The van der Waals surface area contributed by atoms with Crippen LogP contribution in [0.1, 0.15) is 65.2 Å². The molecule has 1 saturated heterocycles. The molecule has 0 bridgehead atoms. The Kier molecular flexibility index (Phi) is 10.2. The molecule has 2 aliphatic carbocycles. The average molecular weight is 730 g/mol. The standard InChI is InChI=1S/C35H44FN5O9S/c1-4-20-13-19(2)7-5-6-8-21-16-35(21,33(44)40-51(47,48)24-10-11-24)39-30(42)27-15-23(18-41(27)32(43)29(20)38-34(45)46)50-31-26-14-22(36)9-12-25(26)28(49-3)17-37-31/h6,8-9,12,14,17,19-21,23-24,27,29,38H,4-5,7,10-11,13,15-16,18H2,1-3H3,(H,39,42)(H,40,44)(H,45,46)/t19-,20-,21-,23-,27+,29+,35-/m1/s1. The monoisotopic (exact) mass is 729 g/mol. The van der Waals surface area contributed by atoms with E-state index in [-0.39, 0.29) is 31.2 Å². The van der Waals surface area contributed by atoms with Gasteiger partial charge in [0.05, 0.1) is 30.5 Å². The summed E-state index contributed by atoms with van der Waals surface area (Å²) in [5.74, 6) is -3.08. The highest BCUT2D eigenvalue weighted by Gasteiger charge is 2.62. The van der Waals surface area contributed by atoms with E-state index < -0.39 is 80.5 Å². The lowest BCUT2D eigenvalue weighted by atomic mass is 9.85. The molecule has 2 aromatic rings. The van der Waals surface area contributed by atoms with Gasteiger partial charge in [-0.1, -0.05) is 32.4 Å². The van der Waals surface area contributed by atoms with Crippen LogP contribution in [0.4, 0.5) is 9.18 Å². The van der Waals surface area contributed by atoms with Crippen molar-refractivity contribution in [1.82, 2.24) is 25.2 Å². The van der Waals surface area contributed by atoms with Gasteiger partial charge in [-0.2, -0.15) is 0 Å². The van der Waals surface area contributed by atoms with Crippen LogP contribution in [0.15, 0.2) is 36.5 Å². The van der Waals surface area contributed by atoms with Gasteiger partial charge in [-0.15, -0.1) is 0 Å². The summed E-state index contributed by atoms with van der Waals surface area (Å²) in [4.78, 5) is 60.0. The van der Waals surface area contributed by atoms with E-state index in [2.05, 4.69) is 20.3 Å². The van der Waals surface area contributed by atoms with Crippen LogP contribution in [-0.2, 0) is 24.4 Å². The molecular formula is C35H44FN5O9S. The normalized spacial score (nSPS) is 29.9. The Hall–Kier alpha value is -4.47. The van der Waals surface area contributed by atoms with Crippen molar-refractivity contribution >= 4 is 44.6 Å². The van der Waals surface area contributed by atoms with Crippen LogP contribution in [-0.4, -0.2) is 89.9 Å². The molecule has 4 amide bonds. The van der Waals surface area contributed by atoms with Crippen molar-refractivity contribution < 1.29 is 46.6 Å². The number of methoxy groups -OCH3 is 1. The number of rotatable bonds is 8. The Bertz CT molecular complexity index is 1850. The van der Waals surface area contributed by atoms with Crippen LogP contribution in [0.5, 0.6) is 11.6 Å². The number of carbonyl (C=O) groups excluding carboxylic acids is 3. The van der Waals surface area contributed by atoms with Gasteiger partial charge in [0, 0.05) is 17.7 Å². The maximum Gasteiger partial charge on any atom is 0.405 e. The van der Waals surface area contributed by atoms with Crippen molar-refractivity contribution in [3.63, 3.8) is 0 Å². The predicted octanol–water partition coefficient (Wildman–Crippen LogP) is 3.25. The zero-order chi connectivity index (χ0) is 36.7. The zero-order valence-corrected chi connectivity index (χ0v) is 29.6. The molecule has 0 spiro atoms. The highest BCUT2D eigenvalue weighted by atomic mass is 32.2. The van der Waals surface area contributed by atoms with E-state index >= 15 is 0 Å². The molecule has 0 unspecified atom stereocenters. The molecule has 2 aliphatic heterocycles. The third-order valence-electron chi connectivity index (χ3n) is 10.5. The van der Waals surface area contributed by atoms with E-state index in [1.165, 1.54) is 36.4 Å². The van der Waals surface area contributed by atoms with Gasteiger partial charge in [0.1, 0.15) is 35.3 Å². The smallest absolute Gasteiger partial charge is 0.405 e. The number of amides is 4. The summed E-state index contributed by atoms with van der Waals surface area (Å²) in [6, 6.07) is 1.62. The first-order valence-electron chi connectivity index (χ1n) is 17.4. The molecule has 7 atom stereocenters. The third kappa shape index (κ3) is 7.60. The fraction of sp³-hybridized carbons (Fsp3) is 0.571. The molecule has 51 heavy (non-hydrogen) atoms. The molecule has 14 nitrogen and oxygen atoms in total. The number of allylic oxidation sites excluding steroid dienone is 1. The summed E-state index contributed by atoms with van der Waals surface area (Å²) < 4.78 is 53.8. The summed E-state index contributed by atoms with van der Waals surface area (Å²) in [5.41, 5.74) is -1.56. The van der Waals surface area contributed by atoms with Crippen LogP contribution in [0.2, 0.25) is 0 Å². The SMILES string of the molecule is CC[C@@H]1C[C@H](C)CCC=C[C@@H]2C[C@@]2(C(=O)NS(=O)(=O)C2CC2)NC(=O)[C@@H]2C[C@@H](Oc3ncc(OC)c4ccc(F)cc34)CN2C(=O)[C@H]1NC(=O)O. The Morgan fingerprint density at radius 1 is 1.18 bits per heavy atom. The van der Waals surface area contributed by atoms with Gasteiger partial charge in [-0.3, -0.25) is 19.1 Å². The quantitative estimate of drug-likeness (QED) is 0.293. The second-order valence-electron chi connectivity index (χ2n) is 14.2. The number of carbonyl (C=O) groups is 4. The number of hydrogen-bond acceptors (Lipinski definition) is 9. The van der Waals surface area contributed by atoms with Crippen molar-refractivity contribution in [1.29, 1.82) is 0 Å². The second-order valence-corrected chi connectivity index (χ2v) is 16.2. The zero-order valence-electron chi connectivity index (χ0n) is 28.8. The molecule has 6 rings (SSSR count). The molecule has 276 valence electrons. The molecule has 1 aromatic carbocycles. The highest BCUT2D eigenvalue weighted by molar-refractivity contribution is 7.91. The van der Waals surface area contributed by atoms with Crippen LogP contribution in [0.25, 0.3) is 10.8 Å². The number of ether oxygens (including phenoxy) is 2. The Labute approximate surface area is 295 Å². The number of pyridine rings is 1. The predicted molar refractivity (Wildman–Crippen MR) is 183 cm³/mol. The number of carboxylic acid groups (broad SMARTS) is 1. The molecule has 16 heteroatoms. The van der Waals surface area contributed by atoms with Crippen molar-refractivity contribution in [3.05, 3.63) is 42.4 Å². The summed E-state index contributed by atoms with van der Waals surface area (Å²) >= 11 is 0. The number of aromatic nitrogens is 1. The van der Waals surface area contributed by atoms with E-state index in [1.54, 1.807) is 0 Å². The lowest BCUT2D eigenvalue weighted by Crippen LogP contribution is -2.59. The van der Waals surface area contributed by atoms with Crippen LogP contribution in [0.3, 0.4) is 0 Å². The van der Waals surface area contributed by atoms with E-state index in [0.29, 0.717) is 48.6 Å². The maximum absolute atomic E-state index is 14.4. The minimum absolute atomic E-state index is 0.0416. The van der Waals surface area contributed by atoms with E-state index in [9.17, 15) is 37.1 Å². The van der Waals surface area contributed by atoms with Crippen molar-refractivity contribution in [2.45, 2.75) is 94.2 Å². The third-order valence-corrected chi connectivity index (χ3v) is 12.3. The summed E-state index contributed by atoms with van der Waals surface area (Å²) in [7, 11) is -2.48. The molecule has 0 radical (unpaired) electrons. The van der Waals surface area contributed by atoms with Crippen molar-refractivity contribution in [3.8, 4) is 11.6 Å². The molecule has 2 saturated carbocycles. The first kappa shape index (κ1) is 36.3. The summed E-state index contributed by atoms with van der Waals surface area (Å²) in [6.45, 7) is 3.75. The highest BCUT2D eigenvalue weighted by Crippen LogP contribution is 2.46. The van der Waals surface area contributed by atoms with Gasteiger partial charge in [-0.05, 0) is 68.6 Å². The number of sulfonamides is 1. The summed E-state index contributed by atoms with van der Waals surface area (Å²) in [5, 5.41) is 15.2. The van der Waals surface area contributed by atoms with Gasteiger partial charge in [-0.25, -0.2) is 22.6 Å². The van der Waals surface area contributed by atoms with Crippen molar-refractivity contribution in [2.24, 2.45) is 17.8 Å². The van der Waals surface area contributed by atoms with E-state index in [0.717, 1.165) is 6.42 Å². The Morgan fingerprint density at radius 3 is 2.63 bits per heavy atom. The van der Waals surface area contributed by atoms with Crippen LogP contribution >= 0.6 is 0 Å². The number of fused-ring (bicyclic) bond motifs is 3. The number of hydrogen-bond donors (Lipinski definition) is 4. The molecular weight excluding hydrogens is 685 g/mol. The van der Waals surface area contributed by atoms with E-state index in [4.69, 9.17) is 9.47 Å². The topological polar surface area (TPSA) is 193 Å². The van der Waals surface area contributed by atoms with Crippen LogP contribution < -0.4 is 24.8 Å². The fourth-order valence-corrected chi connectivity index (χ4v) is 8.79. The molecule has 3 fully saturated rings. The average Bonchev–Trinajstić information content (AvgIpc) is 4.01. The van der Waals surface area contributed by atoms with Gasteiger partial charge in [0.25, 0.3) is 5.91 Å². The van der Waals surface area contributed by atoms with Gasteiger partial charge in [0.15, 0.2) is 0 Å². The largest absolute Gasteiger partial charge is 0.494 e. The first-order valence-corrected chi connectivity index (χ1v) is 18.9. The second kappa shape index (κ2) is 14.3. The number of nitrogens with zero attached hydrogens (tertiary/aromatic N) is 2. The molecule has 1 aromatic heterocycles. The lowest BCUT2D eigenvalue weighted by Gasteiger charge is -2.33. The summed E-state index contributed by atoms with van der Waals surface area (Å²) in [6.07, 6.45) is 6.26. The number of benzene rings is 1. The Morgan fingerprint density at radius 2 is 1.94 bits per heavy atom. The van der Waals surface area contributed by atoms with Crippen LogP contribution in [0, 0.1) is 23.6 Å². The number of halogens is 1. The van der Waals surface area contributed by atoms with Gasteiger partial charge in [0.2, 0.25) is 27.7 Å². The van der Waals surface area contributed by atoms with Gasteiger partial charge < -0.3 is 30.1 Å². The van der Waals surface area contributed by atoms with Crippen molar-refractivity contribution in [2.75, 3.05) is 13.7 Å². The maximum atomic E-state index is 14.4. The minimum atomic E-state index is -3.93. The molecule has 4 aliphatic rings. The fourth-order valence-electron chi connectivity index (χ4n) is 7.43. The molecule has 4 N–H and O–H groups in total. The Balaban J connectivity index is 1.36.